The van der Waals surface area contributed by atoms with Crippen LogP contribution in [-0.2, 0) is 11.2 Å². The fourth-order valence-corrected chi connectivity index (χ4v) is 3.25. The van der Waals surface area contributed by atoms with Gasteiger partial charge >= 0.3 is 0 Å². The number of rotatable bonds is 10. The molecule has 1 N–H and O–H groups in total. The van der Waals surface area contributed by atoms with Gasteiger partial charge in [0.25, 0.3) is 0 Å². The molecular weight excluding hydrogens is 390 g/mol. The first-order chi connectivity index (χ1) is 15.1. The minimum Gasteiger partial charge on any atom is -0.493 e. The van der Waals surface area contributed by atoms with Crippen molar-refractivity contribution in [3.63, 3.8) is 0 Å². The molecule has 3 aromatic carbocycles. The van der Waals surface area contributed by atoms with E-state index in [1.54, 1.807) is 18.2 Å². The number of nitrogens with one attached hydrogen (secondary N) is 1. The fraction of sp³-hybridized carbons (Fsp3) is 0.231. The molecule has 3 aromatic rings. The van der Waals surface area contributed by atoms with E-state index in [1.165, 1.54) is 19.6 Å². The number of ketones is 1. The summed E-state index contributed by atoms with van der Waals surface area (Å²) in [4.78, 5) is 23.9. The lowest BCUT2D eigenvalue weighted by atomic mass is 10.0. The number of Topliss-reactive ketones (excluding diaryl/α,β-unsaturated/α-hetero) is 1. The highest BCUT2D eigenvalue weighted by Gasteiger charge is 2.10. The molecule has 0 atom stereocenters. The summed E-state index contributed by atoms with van der Waals surface area (Å²) < 4.78 is 11.0. The molecule has 0 aliphatic heterocycles. The largest absolute Gasteiger partial charge is 0.493 e. The molecule has 0 bridgehead atoms. The Morgan fingerprint density at radius 2 is 1.65 bits per heavy atom. The molecule has 0 spiro atoms. The third-order valence-electron chi connectivity index (χ3n) is 4.90. The van der Waals surface area contributed by atoms with E-state index in [2.05, 4.69) is 17.4 Å². The van der Waals surface area contributed by atoms with Crippen molar-refractivity contribution >= 4 is 17.4 Å². The van der Waals surface area contributed by atoms with E-state index in [0.29, 0.717) is 36.5 Å². The normalized spacial score (nSPS) is 10.4. The van der Waals surface area contributed by atoms with Crippen LogP contribution in [0.5, 0.6) is 11.5 Å². The van der Waals surface area contributed by atoms with Crippen LogP contribution in [0, 0.1) is 0 Å². The quantitative estimate of drug-likeness (QED) is 0.360. The predicted molar refractivity (Wildman–Crippen MR) is 122 cm³/mol. The summed E-state index contributed by atoms with van der Waals surface area (Å²) in [5.41, 5.74) is 3.67. The topological polar surface area (TPSA) is 64.6 Å². The van der Waals surface area contributed by atoms with E-state index in [1.807, 2.05) is 42.5 Å². The molecule has 3 rings (SSSR count). The standard InChI is InChI=1S/C26H27NO4/c1-19(28)21-14-15-24(25(18-21)30-2)31-16-8-13-26(29)27-23-12-7-6-11-22(23)17-20-9-4-3-5-10-20/h3-7,9-12,14-15,18H,8,13,16-17H2,1-2H3,(H,27,29). The lowest BCUT2D eigenvalue weighted by Crippen LogP contribution is -2.14. The van der Waals surface area contributed by atoms with Crippen LogP contribution >= 0.6 is 0 Å². The molecule has 0 saturated carbocycles. The van der Waals surface area contributed by atoms with Gasteiger partial charge in [-0.05, 0) is 55.2 Å². The van der Waals surface area contributed by atoms with Crippen LogP contribution in [0.2, 0.25) is 0 Å². The molecule has 0 aliphatic rings. The van der Waals surface area contributed by atoms with Crippen molar-refractivity contribution < 1.29 is 19.1 Å². The second-order valence-electron chi connectivity index (χ2n) is 7.24. The second kappa shape index (κ2) is 11.0. The lowest BCUT2D eigenvalue weighted by molar-refractivity contribution is -0.116. The van der Waals surface area contributed by atoms with Crippen molar-refractivity contribution in [2.75, 3.05) is 19.0 Å². The number of para-hydroxylation sites is 1. The molecule has 160 valence electrons. The minimum atomic E-state index is -0.0528. The predicted octanol–water partition coefficient (Wildman–Crippen LogP) is 5.29. The lowest BCUT2D eigenvalue weighted by Gasteiger charge is -2.13. The Balaban J connectivity index is 1.51. The molecule has 5 nitrogen and oxygen atoms in total. The van der Waals surface area contributed by atoms with Gasteiger partial charge in [-0.2, -0.15) is 0 Å². The number of benzene rings is 3. The van der Waals surface area contributed by atoms with Crippen molar-refractivity contribution in [2.24, 2.45) is 0 Å². The van der Waals surface area contributed by atoms with Crippen molar-refractivity contribution in [1.29, 1.82) is 0 Å². The monoisotopic (exact) mass is 417 g/mol. The van der Waals surface area contributed by atoms with Crippen LogP contribution in [0.4, 0.5) is 5.69 Å². The molecule has 0 heterocycles. The van der Waals surface area contributed by atoms with Gasteiger partial charge in [-0.25, -0.2) is 0 Å². The number of ether oxygens (including phenoxy) is 2. The maximum Gasteiger partial charge on any atom is 0.224 e. The highest BCUT2D eigenvalue weighted by Crippen LogP contribution is 2.28. The number of carbonyl (C=O) groups is 2. The van der Waals surface area contributed by atoms with Gasteiger partial charge in [-0.3, -0.25) is 9.59 Å². The van der Waals surface area contributed by atoms with Crippen LogP contribution in [0.1, 0.15) is 41.3 Å². The molecule has 0 aromatic heterocycles. The van der Waals surface area contributed by atoms with Crippen LogP contribution in [-0.4, -0.2) is 25.4 Å². The van der Waals surface area contributed by atoms with Crippen LogP contribution < -0.4 is 14.8 Å². The summed E-state index contributed by atoms with van der Waals surface area (Å²) in [5, 5.41) is 3.02. The fourth-order valence-electron chi connectivity index (χ4n) is 3.25. The molecule has 0 aliphatic carbocycles. The summed E-state index contributed by atoms with van der Waals surface area (Å²) in [6, 6.07) is 23.1. The van der Waals surface area contributed by atoms with Crippen LogP contribution in [0.3, 0.4) is 0 Å². The van der Waals surface area contributed by atoms with Gasteiger partial charge in [0.15, 0.2) is 17.3 Å². The number of hydrogen-bond donors (Lipinski definition) is 1. The van der Waals surface area contributed by atoms with E-state index >= 15 is 0 Å². The number of carbonyl (C=O) groups excluding carboxylic acids is 2. The molecule has 0 unspecified atom stereocenters. The van der Waals surface area contributed by atoms with Crippen molar-refractivity contribution in [3.8, 4) is 11.5 Å². The number of amides is 1. The summed E-state index contributed by atoms with van der Waals surface area (Å²) in [7, 11) is 1.53. The van der Waals surface area contributed by atoms with Gasteiger partial charge in [-0.1, -0.05) is 48.5 Å². The van der Waals surface area contributed by atoms with Crippen molar-refractivity contribution in [2.45, 2.75) is 26.2 Å². The third kappa shape index (κ3) is 6.44. The Bertz CT molecular complexity index is 1030. The average Bonchev–Trinajstić information content (AvgIpc) is 2.78. The molecule has 0 radical (unpaired) electrons. The smallest absolute Gasteiger partial charge is 0.224 e. The summed E-state index contributed by atoms with van der Waals surface area (Å²) in [6.45, 7) is 1.88. The second-order valence-corrected chi connectivity index (χ2v) is 7.24. The van der Waals surface area contributed by atoms with E-state index in [9.17, 15) is 9.59 Å². The van der Waals surface area contributed by atoms with E-state index in [-0.39, 0.29) is 11.7 Å². The summed E-state index contributed by atoms with van der Waals surface area (Å²) >= 11 is 0. The molecule has 0 fully saturated rings. The molecular formula is C26H27NO4. The van der Waals surface area contributed by atoms with E-state index in [4.69, 9.17) is 9.47 Å². The Kier molecular flexibility index (Phi) is 7.82. The Morgan fingerprint density at radius 3 is 2.39 bits per heavy atom. The van der Waals surface area contributed by atoms with E-state index in [0.717, 1.165) is 17.7 Å². The molecule has 31 heavy (non-hydrogen) atoms. The molecule has 1 amide bonds. The first kappa shape index (κ1) is 22.1. The minimum absolute atomic E-state index is 0.0333. The molecule has 5 heteroatoms. The highest BCUT2D eigenvalue weighted by molar-refractivity contribution is 5.94. The zero-order valence-electron chi connectivity index (χ0n) is 17.9. The Morgan fingerprint density at radius 1 is 0.903 bits per heavy atom. The zero-order valence-corrected chi connectivity index (χ0v) is 17.9. The van der Waals surface area contributed by atoms with Crippen LogP contribution in [0.15, 0.2) is 72.8 Å². The number of methoxy groups -OCH3 is 1. The zero-order chi connectivity index (χ0) is 22.1. The van der Waals surface area contributed by atoms with E-state index < -0.39 is 0 Å². The first-order valence-corrected chi connectivity index (χ1v) is 10.3. The van der Waals surface area contributed by atoms with Gasteiger partial charge in [0, 0.05) is 17.7 Å². The van der Waals surface area contributed by atoms with Gasteiger partial charge in [0.05, 0.1) is 13.7 Å². The van der Waals surface area contributed by atoms with Crippen LogP contribution in [0.25, 0.3) is 0 Å². The third-order valence-corrected chi connectivity index (χ3v) is 4.90. The maximum atomic E-state index is 12.4. The summed E-state index contributed by atoms with van der Waals surface area (Å²) in [6.07, 6.45) is 1.66. The van der Waals surface area contributed by atoms with Gasteiger partial charge in [0.1, 0.15) is 0 Å². The summed E-state index contributed by atoms with van der Waals surface area (Å²) in [5.74, 6) is 0.977. The number of anilines is 1. The number of hydrogen-bond acceptors (Lipinski definition) is 4. The Labute approximate surface area is 183 Å². The average molecular weight is 418 g/mol. The maximum absolute atomic E-state index is 12.4. The molecule has 0 saturated heterocycles. The SMILES string of the molecule is COc1cc(C(C)=O)ccc1OCCCC(=O)Nc1ccccc1Cc1ccccc1. The first-order valence-electron chi connectivity index (χ1n) is 10.3. The highest BCUT2D eigenvalue weighted by atomic mass is 16.5. The van der Waals surface area contributed by atoms with Gasteiger partial charge in [-0.15, -0.1) is 0 Å². The van der Waals surface area contributed by atoms with Gasteiger partial charge < -0.3 is 14.8 Å². The van der Waals surface area contributed by atoms with Crippen molar-refractivity contribution in [1.82, 2.24) is 0 Å². The van der Waals surface area contributed by atoms with Gasteiger partial charge in [0.2, 0.25) is 5.91 Å². The van der Waals surface area contributed by atoms with Crippen molar-refractivity contribution in [3.05, 3.63) is 89.5 Å². The Hall–Kier alpha value is -3.60.